The van der Waals surface area contributed by atoms with Gasteiger partial charge in [-0.15, -0.1) is 0 Å². The minimum absolute atomic E-state index is 0.168. The number of aromatic nitrogens is 3. The van der Waals surface area contributed by atoms with Crippen molar-refractivity contribution in [3.63, 3.8) is 0 Å². The zero-order chi connectivity index (χ0) is 11.4. The molecular formula is C12H16N4. The summed E-state index contributed by atoms with van der Waals surface area (Å²) in [6, 6.07) is 10.5. The van der Waals surface area contributed by atoms with Gasteiger partial charge in [0.25, 0.3) is 0 Å². The van der Waals surface area contributed by atoms with E-state index in [4.69, 9.17) is 0 Å². The van der Waals surface area contributed by atoms with E-state index in [1.165, 1.54) is 5.56 Å². The van der Waals surface area contributed by atoms with Gasteiger partial charge in [0.05, 0.1) is 6.04 Å². The quantitative estimate of drug-likeness (QED) is 0.845. The molecule has 0 saturated heterocycles. The lowest BCUT2D eigenvalue weighted by atomic mass is 10.2. The van der Waals surface area contributed by atoms with E-state index >= 15 is 0 Å². The number of hydrogen-bond acceptors (Lipinski definition) is 3. The predicted molar refractivity (Wildman–Crippen MR) is 62.7 cm³/mol. The molecule has 0 aliphatic carbocycles. The maximum Gasteiger partial charge on any atom is 0.167 e. The second kappa shape index (κ2) is 4.90. The highest BCUT2D eigenvalue weighted by molar-refractivity contribution is 5.14. The fraction of sp³-hybridized carbons (Fsp3) is 0.333. The third-order valence-electron chi connectivity index (χ3n) is 2.46. The number of aryl methyl sites for hydroxylation is 1. The molecule has 0 saturated carbocycles. The van der Waals surface area contributed by atoms with Gasteiger partial charge in [0.15, 0.2) is 5.82 Å². The van der Waals surface area contributed by atoms with E-state index in [2.05, 4.69) is 34.5 Å². The Morgan fingerprint density at radius 3 is 2.69 bits per heavy atom. The van der Waals surface area contributed by atoms with Gasteiger partial charge in [-0.3, -0.25) is 4.68 Å². The molecule has 0 aliphatic heterocycles. The minimum Gasteiger partial charge on any atom is -0.303 e. The molecule has 0 bridgehead atoms. The molecule has 0 amide bonds. The Balaban J connectivity index is 1.91. The zero-order valence-electron chi connectivity index (χ0n) is 9.59. The molecule has 0 fully saturated rings. The molecule has 1 aromatic heterocycles. The van der Waals surface area contributed by atoms with Crippen LogP contribution in [-0.4, -0.2) is 14.8 Å². The van der Waals surface area contributed by atoms with Crippen LogP contribution in [0.1, 0.15) is 24.4 Å². The molecule has 1 N–H and O–H groups in total. The summed E-state index contributed by atoms with van der Waals surface area (Å²) in [5.74, 6) is 0.832. The molecule has 84 valence electrons. The van der Waals surface area contributed by atoms with Gasteiger partial charge in [0, 0.05) is 13.6 Å². The molecular weight excluding hydrogens is 200 g/mol. The molecule has 1 atom stereocenters. The maximum absolute atomic E-state index is 4.27. The lowest BCUT2D eigenvalue weighted by Gasteiger charge is -2.10. The molecule has 4 nitrogen and oxygen atoms in total. The van der Waals surface area contributed by atoms with E-state index in [0.717, 1.165) is 12.4 Å². The topological polar surface area (TPSA) is 42.7 Å². The number of nitrogens with one attached hydrogen (secondary N) is 1. The van der Waals surface area contributed by atoms with Crippen LogP contribution in [0, 0.1) is 0 Å². The van der Waals surface area contributed by atoms with Gasteiger partial charge in [0.1, 0.15) is 6.33 Å². The SMILES string of the molecule is CC(NCc1ccccc1)c1ncn(C)n1. The molecule has 16 heavy (non-hydrogen) atoms. The van der Waals surface area contributed by atoms with Gasteiger partial charge in [-0.25, -0.2) is 4.98 Å². The summed E-state index contributed by atoms with van der Waals surface area (Å²) in [5.41, 5.74) is 1.27. The lowest BCUT2D eigenvalue weighted by Crippen LogP contribution is -2.19. The summed E-state index contributed by atoms with van der Waals surface area (Å²) in [4.78, 5) is 4.22. The van der Waals surface area contributed by atoms with Crippen molar-refractivity contribution in [2.45, 2.75) is 19.5 Å². The number of rotatable bonds is 4. The van der Waals surface area contributed by atoms with E-state index in [9.17, 15) is 0 Å². The summed E-state index contributed by atoms with van der Waals surface area (Å²) < 4.78 is 1.72. The average Bonchev–Trinajstić information content (AvgIpc) is 2.74. The largest absolute Gasteiger partial charge is 0.303 e. The first-order valence-electron chi connectivity index (χ1n) is 5.38. The van der Waals surface area contributed by atoms with Crippen molar-refractivity contribution in [2.75, 3.05) is 0 Å². The number of benzene rings is 1. The van der Waals surface area contributed by atoms with E-state index in [1.54, 1.807) is 11.0 Å². The van der Waals surface area contributed by atoms with Gasteiger partial charge < -0.3 is 5.32 Å². The fourth-order valence-corrected chi connectivity index (χ4v) is 1.51. The van der Waals surface area contributed by atoms with E-state index < -0.39 is 0 Å². The Morgan fingerprint density at radius 2 is 2.06 bits per heavy atom. The highest BCUT2D eigenvalue weighted by Crippen LogP contribution is 2.07. The van der Waals surface area contributed by atoms with Crippen LogP contribution in [0.3, 0.4) is 0 Å². The van der Waals surface area contributed by atoms with Crippen LogP contribution in [0.25, 0.3) is 0 Å². The second-order valence-corrected chi connectivity index (χ2v) is 3.86. The summed E-state index contributed by atoms with van der Waals surface area (Å²) in [7, 11) is 1.88. The zero-order valence-corrected chi connectivity index (χ0v) is 9.59. The van der Waals surface area contributed by atoms with Gasteiger partial charge in [-0.2, -0.15) is 5.10 Å². The molecule has 4 heteroatoms. The Kier molecular flexibility index (Phi) is 3.31. The van der Waals surface area contributed by atoms with Crippen LogP contribution in [-0.2, 0) is 13.6 Å². The van der Waals surface area contributed by atoms with Crippen LogP contribution in [0.5, 0.6) is 0 Å². The molecule has 1 unspecified atom stereocenters. The van der Waals surface area contributed by atoms with Crippen LogP contribution >= 0.6 is 0 Å². The highest BCUT2D eigenvalue weighted by atomic mass is 15.3. The van der Waals surface area contributed by atoms with Crippen molar-refractivity contribution >= 4 is 0 Å². The van der Waals surface area contributed by atoms with E-state index in [1.807, 2.05) is 25.2 Å². The summed E-state index contributed by atoms with van der Waals surface area (Å²) >= 11 is 0. The van der Waals surface area contributed by atoms with Gasteiger partial charge in [-0.05, 0) is 12.5 Å². The molecule has 2 aromatic rings. The minimum atomic E-state index is 0.168. The molecule has 1 heterocycles. The Morgan fingerprint density at radius 1 is 1.31 bits per heavy atom. The molecule has 0 radical (unpaired) electrons. The smallest absolute Gasteiger partial charge is 0.167 e. The maximum atomic E-state index is 4.27. The van der Waals surface area contributed by atoms with E-state index in [-0.39, 0.29) is 6.04 Å². The van der Waals surface area contributed by atoms with Gasteiger partial charge in [0.2, 0.25) is 0 Å². The summed E-state index contributed by atoms with van der Waals surface area (Å²) in [5, 5.41) is 7.66. The van der Waals surface area contributed by atoms with Crippen molar-refractivity contribution in [1.29, 1.82) is 0 Å². The third kappa shape index (κ3) is 2.67. The summed E-state index contributed by atoms with van der Waals surface area (Å²) in [6.07, 6.45) is 1.72. The Labute approximate surface area is 95.3 Å². The third-order valence-corrected chi connectivity index (χ3v) is 2.46. The van der Waals surface area contributed by atoms with Crippen LogP contribution in [0.4, 0.5) is 0 Å². The Hall–Kier alpha value is -1.68. The first-order valence-corrected chi connectivity index (χ1v) is 5.38. The average molecular weight is 216 g/mol. The summed E-state index contributed by atoms with van der Waals surface area (Å²) in [6.45, 7) is 2.90. The normalized spacial score (nSPS) is 12.6. The van der Waals surface area contributed by atoms with Crippen LogP contribution < -0.4 is 5.32 Å². The molecule has 1 aromatic carbocycles. The van der Waals surface area contributed by atoms with Crippen molar-refractivity contribution in [3.8, 4) is 0 Å². The van der Waals surface area contributed by atoms with Gasteiger partial charge >= 0.3 is 0 Å². The van der Waals surface area contributed by atoms with Gasteiger partial charge in [-0.1, -0.05) is 30.3 Å². The first-order chi connectivity index (χ1) is 7.75. The first kappa shape index (κ1) is 10.8. The van der Waals surface area contributed by atoms with Crippen molar-refractivity contribution < 1.29 is 0 Å². The molecule has 0 aliphatic rings. The lowest BCUT2D eigenvalue weighted by molar-refractivity contribution is 0.541. The second-order valence-electron chi connectivity index (χ2n) is 3.86. The van der Waals surface area contributed by atoms with E-state index in [0.29, 0.717) is 0 Å². The predicted octanol–water partition coefficient (Wildman–Crippen LogP) is 1.67. The van der Waals surface area contributed by atoms with Crippen molar-refractivity contribution in [3.05, 3.63) is 48.0 Å². The van der Waals surface area contributed by atoms with Crippen molar-refractivity contribution in [2.24, 2.45) is 7.05 Å². The standard InChI is InChI=1S/C12H16N4/c1-10(12-14-9-16(2)15-12)13-8-11-6-4-3-5-7-11/h3-7,9-10,13H,8H2,1-2H3. The van der Waals surface area contributed by atoms with Crippen LogP contribution in [0.2, 0.25) is 0 Å². The Bertz CT molecular complexity index is 435. The fourth-order valence-electron chi connectivity index (χ4n) is 1.51. The highest BCUT2D eigenvalue weighted by Gasteiger charge is 2.08. The number of nitrogens with zero attached hydrogens (tertiary/aromatic N) is 3. The molecule has 0 spiro atoms. The van der Waals surface area contributed by atoms with Crippen LogP contribution in [0.15, 0.2) is 36.7 Å². The van der Waals surface area contributed by atoms with Crippen molar-refractivity contribution in [1.82, 2.24) is 20.1 Å². The number of hydrogen-bond donors (Lipinski definition) is 1. The molecule has 2 rings (SSSR count). The monoisotopic (exact) mass is 216 g/mol.